The molecule has 166 valence electrons. The zero-order valence-corrected chi connectivity index (χ0v) is 20.9. The molecule has 1 fully saturated rings. The summed E-state index contributed by atoms with van der Waals surface area (Å²) in [4.78, 5) is 0. The maximum Gasteiger partial charge on any atom is 0.143 e. The Morgan fingerprint density at radius 1 is 0.562 bits per heavy atom. The highest BCUT2D eigenvalue weighted by Crippen LogP contribution is 2.42. The first kappa shape index (κ1) is 22.4. The summed E-state index contributed by atoms with van der Waals surface area (Å²) in [6.07, 6.45) is 0. The van der Waals surface area contributed by atoms with Crippen LogP contribution in [0.15, 0.2) is 36.4 Å². The Morgan fingerprint density at radius 2 is 0.938 bits per heavy atom. The van der Waals surface area contributed by atoms with Gasteiger partial charge in [-0.2, -0.15) is 0 Å². The van der Waals surface area contributed by atoms with Gasteiger partial charge in [0.25, 0.3) is 0 Å². The minimum atomic E-state index is -0.0317. The van der Waals surface area contributed by atoms with Crippen LogP contribution in [0.25, 0.3) is 0 Å². The van der Waals surface area contributed by atoms with Crippen molar-refractivity contribution in [3.63, 3.8) is 0 Å². The van der Waals surface area contributed by atoms with Crippen molar-refractivity contribution in [1.82, 2.24) is 5.53 Å². The van der Waals surface area contributed by atoms with Gasteiger partial charge in [0.15, 0.2) is 0 Å². The molecule has 0 saturated carbocycles. The highest BCUT2D eigenvalue weighted by molar-refractivity contribution is 5.68. The molecule has 1 heterocycles. The molecule has 1 unspecified atom stereocenters. The van der Waals surface area contributed by atoms with Crippen LogP contribution in [0.2, 0.25) is 0 Å². The predicted octanol–water partition coefficient (Wildman–Crippen LogP) is 6.99. The van der Waals surface area contributed by atoms with E-state index in [2.05, 4.69) is 121 Å². The molecule has 1 aliphatic heterocycles. The highest BCUT2D eigenvalue weighted by atomic mass is 15.8. The summed E-state index contributed by atoms with van der Waals surface area (Å²) in [5.41, 5.74) is 18.9. The van der Waals surface area contributed by atoms with Gasteiger partial charge in [-0.1, -0.05) is 53.1 Å². The molecular formula is C29H35N3. The first-order chi connectivity index (χ1) is 15.1. The molecule has 0 bridgehead atoms. The Kier molecular flexibility index (Phi) is 5.81. The third kappa shape index (κ3) is 3.91. The van der Waals surface area contributed by atoms with Gasteiger partial charge in [-0.05, 0) is 101 Å². The lowest BCUT2D eigenvalue weighted by molar-refractivity contribution is 0.677. The van der Waals surface area contributed by atoms with Crippen LogP contribution in [0.5, 0.6) is 0 Å². The average molecular weight is 426 g/mol. The normalized spacial score (nSPS) is 16.2. The lowest BCUT2D eigenvalue weighted by Gasteiger charge is -2.31. The van der Waals surface area contributed by atoms with Crippen LogP contribution in [-0.4, -0.2) is 0 Å². The van der Waals surface area contributed by atoms with Gasteiger partial charge in [-0.25, -0.2) is 0 Å². The van der Waals surface area contributed by atoms with E-state index in [1.165, 1.54) is 67.0 Å². The Morgan fingerprint density at radius 3 is 1.38 bits per heavy atom. The van der Waals surface area contributed by atoms with E-state index >= 15 is 0 Å². The van der Waals surface area contributed by atoms with Gasteiger partial charge >= 0.3 is 0 Å². The molecule has 0 amide bonds. The highest BCUT2D eigenvalue weighted by Gasteiger charge is 2.37. The van der Waals surface area contributed by atoms with E-state index in [9.17, 15) is 0 Å². The van der Waals surface area contributed by atoms with Gasteiger partial charge < -0.3 is 0 Å². The van der Waals surface area contributed by atoms with Gasteiger partial charge in [0, 0.05) is 0 Å². The molecule has 3 aromatic rings. The molecule has 32 heavy (non-hydrogen) atoms. The summed E-state index contributed by atoms with van der Waals surface area (Å²) in [7, 11) is 0. The number of hydrazine groups is 2. The predicted molar refractivity (Wildman–Crippen MR) is 136 cm³/mol. The smallest absolute Gasteiger partial charge is 0.143 e. The number of hydrogen-bond donors (Lipinski definition) is 1. The molecule has 0 aromatic heterocycles. The Hall–Kier alpha value is -2.78. The van der Waals surface area contributed by atoms with Gasteiger partial charge in [-0.3, -0.25) is 10.0 Å². The molecule has 1 atom stereocenters. The minimum absolute atomic E-state index is 0.0317. The van der Waals surface area contributed by atoms with Crippen molar-refractivity contribution in [3.05, 3.63) is 98.6 Å². The molecule has 0 spiro atoms. The summed E-state index contributed by atoms with van der Waals surface area (Å²) >= 11 is 0. The van der Waals surface area contributed by atoms with E-state index in [0.29, 0.717) is 0 Å². The topological polar surface area (TPSA) is 18.5 Å². The molecule has 2 radical (unpaired) electrons. The van der Waals surface area contributed by atoms with Crippen molar-refractivity contribution in [2.75, 3.05) is 10.0 Å². The molecule has 4 rings (SSSR count). The standard InChI is InChI=1S/C29H35N3/c1-17-10-20(4)27(21(5)11-17)26-16-31(28-22(6)12-18(2)13-23(28)7)30-32(26)29-24(8)14-19(3)15-25(29)9/h10-15,26,30H,1-9H3. The monoisotopic (exact) mass is 425 g/mol. The maximum atomic E-state index is 3.79. The molecular weight excluding hydrogens is 390 g/mol. The number of benzene rings is 3. The molecule has 3 nitrogen and oxygen atoms in total. The van der Waals surface area contributed by atoms with E-state index < -0.39 is 0 Å². The van der Waals surface area contributed by atoms with E-state index in [1.807, 2.05) is 0 Å². The van der Waals surface area contributed by atoms with Crippen LogP contribution in [0.4, 0.5) is 11.4 Å². The second-order valence-corrected chi connectivity index (χ2v) is 9.64. The first-order valence-electron chi connectivity index (χ1n) is 11.4. The summed E-state index contributed by atoms with van der Waals surface area (Å²) in [5, 5.41) is 4.40. The molecule has 3 aromatic carbocycles. The van der Waals surface area contributed by atoms with Crippen molar-refractivity contribution in [2.45, 2.75) is 68.4 Å². The van der Waals surface area contributed by atoms with E-state index in [0.717, 1.165) is 0 Å². The number of aryl methyl sites for hydroxylation is 9. The van der Waals surface area contributed by atoms with Crippen LogP contribution in [0.1, 0.15) is 61.7 Å². The molecule has 1 aliphatic rings. The van der Waals surface area contributed by atoms with Crippen LogP contribution in [-0.2, 0) is 0 Å². The van der Waals surface area contributed by atoms with Crippen molar-refractivity contribution in [1.29, 1.82) is 0 Å². The number of nitrogens with zero attached hydrogens (tertiary/aromatic N) is 2. The summed E-state index contributed by atoms with van der Waals surface area (Å²) in [5.74, 6) is 0. The maximum absolute atomic E-state index is 3.79. The third-order valence-corrected chi connectivity index (χ3v) is 6.46. The lowest BCUT2D eigenvalue weighted by Crippen LogP contribution is -2.41. The van der Waals surface area contributed by atoms with Crippen molar-refractivity contribution >= 4 is 11.4 Å². The summed E-state index contributed by atoms with van der Waals surface area (Å²) in [6.45, 7) is 23.5. The first-order valence-corrected chi connectivity index (χ1v) is 11.4. The largest absolute Gasteiger partial charge is 0.280 e. The van der Waals surface area contributed by atoms with Crippen LogP contribution in [0, 0.1) is 68.9 Å². The van der Waals surface area contributed by atoms with Crippen LogP contribution >= 0.6 is 0 Å². The summed E-state index contributed by atoms with van der Waals surface area (Å²) in [6, 6.07) is 13.5. The van der Waals surface area contributed by atoms with E-state index in [4.69, 9.17) is 0 Å². The average Bonchev–Trinajstić information content (AvgIpc) is 3.03. The van der Waals surface area contributed by atoms with Crippen molar-refractivity contribution < 1.29 is 0 Å². The molecule has 3 heteroatoms. The number of anilines is 2. The van der Waals surface area contributed by atoms with Crippen molar-refractivity contribution in [3.8, 4) is 0 Å². The van der Waals surface area contributed by atoms with E-state index in [-0.39, 0.29) is 6.04 Å². The SMILES string of the molecule is Cc1cc(C)c(C2[C]N(c3c(C)cc(C)cc3C)NN2c2c(C)cc(C)cc2C)c(C)c1. The number of hydrogen-bond acceptors (Lipinski definition) is 3. The number of rotatable bonds is 3. The lowest BCUT2D eigenvalue weighted by atomic mass is 9.92. The summed E-state index contributed by atoms with van der Waals surface area (Å²) < 4.78 is 0. The molecule has 1 saturated heterocycles. The van der Waals surface area contributed by atoms with E-state index in [1.54, 1.807) is 0 Å². The van der Waals surface area contributed by atoms with Crippen LogP contribution < -0.4 is 15.6 Å². The fourth-order valence-corrected chi connectivity index (χ4v) is 5.56. The third-order valence-electron chi connectivity index (χ3n) is 6.46. The Labute approximate surface area is 194 Å². The molecule has 0 aliphatic carbocycles. The Balaban J connectivity index is 1.89. The van der Waals surface area contributed by atoms with Gasteiger partial charge in [0.05, 0.1) is 11.4 Å². The zero-order chi connectivity index (χ0) is 23.3. The Bertz CT molecular complexity index is 1060. The minimum Gasteiger partial charge on any atom is -0.280 e. The number of nitrogens with one attached hydrogen (secondary N) is 1. The van der Waals surface area contributed by atoms with Gasteiger partial charge in [0.1, 0.15) is 12.6 Å². The van der Waals surface area contributed by atoms with Crippen LogP contribution in [0.3, 0.4) is 0 Å². The van der Waals surface area contributed by atoms with Gasteiger partial charge in [-0.15, -0.1) is 5.53 Å². The second kappa shape index (κ2) is 8.29. The fraction of sp³-hybridized carbons (Fsp3) is 0.345. The second-order valence-electron chi connectivity index (χ2n) is 9.64. The zero-order valence-electron chi connectivity index (χ0n) is 20.9. The van der Waals surface area contributed by atoms with Gasteiger partial charge in [0.2, 0.25) is 0 Å². The van der Waals surface area contributed by atoms with Crippen molar-refractivity contribution in [2.24, 2.45) is 0 Å². The quantitative estimate of drug-likeness (QED) is 0.488. The molecule has 1 N–H and O–H groups in total. The fourth-order valence-electron chi connectivity index (χ4n) is 5.56.